The van der Waals surface area contributed by atoms with Gasteiger partial charge in [-0.3, -0.25) is 0 Å². The largest absolute Gasteiger partial charge is 0.497 e. The van der Waals surface area contributed by atoms with Gasteiger partial charge in [0.25, 0.3) is 0 Å². The smallest absolute Gasteiger partial charge is 0.118 e. The molecule has 0 spiro atoms. The van der Waals surface area contributed by atoms with Gasteiger partial charge >= 0.3 is 0 Å². The minimum atomic E-state index is 0.250. The van der Waals surface area contributed by atoms with Gasteiger partial charge in [-0.2, -0.15) is 0 Å². The molecule has 0 radical (unpaired) electrons. The quantitative estimate of drug-likeness (QED) is 0.628. The monoisotopic (exact) mass is 233 g/mol. The van der Waals surface area contributed by atoms with E-state index in [1.807, 2.05) is 12.1 Å². The van der Waals surface area contributed by atoms with E-state index < -0.39 is 0 Å². The van der Waals surface area contributed by atoms with Crippen molar-refractivity contribution < 1.29 is 9.94 Å². The molecule has 1 aromatic carbocycles. The Hall–Kier alpha value is -1.51. The molecule has 1 saturated carbocycles. The van der Waals surface area contributed by atoms with E-state index in [-0.39, 0.29) is 5.92 Å². The zero-order valence-electron chi connectivity index (χ0n) is 10.4. The minimum Gasteiger partial charge on any atom is -0.497 e. The van der Waals surface area contributed by atoms with Crippen LogP contribution in [0.15, 0.2) is 29.4 Å². The van der Waals surface area contributed by atoms with Crippen molar-refractivity contribution in [2.24, 2.45) is 11.1 Å². The van der Waals surface area contributed by atoms with Crippen molar-refractivity contribution in [2.45, 2.75) is 32.1 Å². The van der Waals surface area contributed by atoms with Crippen LogP contribution in [0.1, 0.15) is 37.7 Å². The summed E-state index contributed by atoms with van der Waals surface area (Å²) in [5, 5.41) is 12.6. The van der Waals surface area contributed by atoms with Crippen molar-refractivity contribution >= 4 is 5.71 Å². The van der Waals surface area contributed by atoms with Crippen LogP contribution >= 0.6 is 0 Å². The summed E-state index contributed by atoms with van der Waals surface area (Å²) in [5.41, 5.74) is 2.12. The van der Waals surface area contributed by atoms with E-state index in [1.54, 1.807) is 7.11 Å². The molecule has 3 heteroatoms. The van der Waals surface area contributed by atoms with Gasteiger partial charge in [0, 0.05) is 5.92 Å². The van der Waals surface area contributed by atoms with Crippen molar-refractivity contribution in [3.63, 3.8) is 0 Å². The molecule has 0 saturated heterocycles. The van der Waals surface area contributed by atoms with Gasteiger partial charge in [0.1, 0.15) is 5.75 Å². The van der Waals surface area contributed by atoms with Gasteiger partial charge in [-0.25, -0.2) is 0 Å². The summed E-state index contributed by atoms with van der Waals surface area (Å²) < 4.78 is 5.16. The Balaban J connectivity index is 2.28. The van der Waals surface area contributed by atoms with Crippen molar-refractivity contribution in [2.75, 3.05) is 7.11 Å². The summed E-state index contributed by atoms with van der Waals surface area (Å²) in [5.74, 6) is 1.64. The number of rotatable bonds is 2. The van der Waals surface area contributed by atoms with E-state index in [2.05, 4.69) is 24.2 Å². The zero-order chi connectivity index (χ0) is 12.3. The Morgan fingerprint density at radius 3 is 2.59 bits per heavy atom. The molecule has 1 aliphatic rings. The van der Waals surface area contributed by atoms with Crippen molar-refractivity contribution in [3.8, 4) is 5.75 Å². The first-order valence-corrected chi connectivity index (χ1v) is 6.11. The first-order chi connectivity index (χ1) is 8.26. The topological polar surface area (TPSA) is 41.8 Å². The number of ether oxygens (including phenoxy) is 1. The summed E-state index contributed by atoms with van der Waals surface area (Å²) in [6.45, 7) is 2.22. The fraction of sp³-hybridized carbons (Fsp3) is 0.500. The molecule has 0 aromatic heterocycles. The van der Waals surface area contributed by atoms with Gasteiger partial charge in [0.2, 0.25) is 0 Å². The first kappa shape index (κ1) is 12.0. The molecule has 2 unspecified atom stereocenters. The molecule has 1 N–H and O–H groups in total. The van der Waals surface area contributed by atoms with Crippen LogP contribution in [-0.2, 0) is 0 Å². The molecule has 0 heterocycles. The van der Waals surface area contributed by atoms with Crippen LogP contribution < -0.4 is 4.74 Å². The SMILES string of the molecule is COc1ccc(C2C(=NO)CCCC2C)cc1. The Labute approximate surface area is 102 Å². The van der Waals surface area contributed by atoms with E-state index in [4.69, 9.17) is 9.94 Å². The summed E-state index contributed by atoms with van der Waals surface area (Å²) in [6, 6.07) is 8.06. The lowest BCUT2D eigenvalue weighted by Gasteiger charge is -2.29. The molecule has 92 valence electrons. The third kappa shape index (κ3) is 2.43. The zero-order valence-corrected chi connectivity index (χ0v) is 10.4. The maximum atomic E-state index is 9.10. The summed E-state index contributed by atoms with van der Waals surface area (Å²) in [4.78, 5) is 0. The highest BCUT2D eigenvalue weighted by molar-refractivity contribution is 5.91. The van der Waals surface area contributed by atoms with Crippen molar-refractivity contribution in [1.29, 1.82) is 0 Å². The molecule has 0 amide bonds. The fourth-order valence-electron chi connectivity index (χ4n) is 2.70. The number of methoxy groups -OCH3 is 1. The average molecular weight is 233 g/mol. The molecule has 1 fully saturated rings. The van der Waals surface area contributed by atoms with Crippen molar-refractivity contribution in [3.05, 3.63) is 29.8 Å². The standard InChI is InChI=1S/C14H19NO2/c1-10-4-3-5-13(15-16)14(10)11-6-8-12(17-2)9-7-11/h6-10,14,16H,3-5H2,1-2H3. The van der Waals surface area contributed by atoms with Gasteiger partial charge in [-0.05, 0) is 42.9 Å². The molecule has 2 rings (SSSR count). The van der Waals surface area contributed by atoms with Gasteiger partial charge in [0.05, 0.1) is 12.8 Å². The highest BCUT2D eigenvalue weighted by Gasteiger charge is 2.28. The van der Waals surface area contributed by atoms with Crippen LogP contribution in [0.3, 0.4) is 0 Å². The van der Waals surface area contributed by atoms with Gasteiger partial charge < -0.3 is 9.94 Å². The lowest BCUT2D eigenvalue weighted by molar-refractivity contribution is 0.307. The second kappa shape index (κ2) is 5.21. The second-order valence-corrected chi connectivity index (χ2v) is 4.71. The van der Waals surface area contributed by atoms with Crippen LogP contribution in [0.5, 0.6) is 5.75 Å². The second-order valence-electron chi connectivity index (χ2n) is 4.71. The molecule has 0 bridgehead atoms. The Morgan fingerprint density at radius 1 is 1.29 bits per heavy atom. The summed E-state index contributed by atoms with van der Waals surface area (Å²) >= 11 is 0. The molecule has 3 nitrogen and oxygen atoms in total. The molecular formula is C14H19NO2. The number of hydrogen-bond acceptors (Lipinski definition) is 3. The highest BCUT2D eigenvalue weighted by Crippen LogP contribution is 2.36. The number of benzene rings is 1. The number of oxime groups is 1. The highest BCUT2D eigenvalue weighted by atomic mass is 16.5. The third-order valence-electron chi connectivity index (χ3n) is 3.62. The van der Waals surface area contributed by atoms with E-state index >= 15 is 0 Å². The molecule has 1 aliphatic carbocycles. The Kier molecular flexibility index (Phi) is 3.67. The third-order valence-corrected chi connectivity index (χ3v) is 3.62. The average Bonchev–Trinajstić information content (AvgIpc) is 2.38. The van der Waals surface area contributed by atoms with Crippen LogP contribution in [0.25, 0.3) is 0 Å². The number of nitrogens with zero attached hydrogens (tertiary/aromatic N) is 1. The van der Waals surface area contributed by atoms with E-state index in [1.165, 1.54) is 12.0 Å². The molecular weight excluding hydrogens is 214 g/mol. The molecule has 17 heavy (non-hydrogen) atoms. The van der Waals surface area contributed by atoms with Crippen LogP contribution in [0, 0.1) is 5.92 Å². The fourth-order valence-corrected chi connectivity index (χ4v) is 2.70. The van der Waals surface area contributed by atoms with E-state index in [0.29, 0.717) is 5.92 Å². The van der Waals surface area contributed by atoms with Crippen LogP contribution in [-0.4, -0.2) is 18.0 Å². The van der Waals surface area contributed by atoms with E-state index in [0.717, 1.165) is 24.3 Å². The van der Waals surface area contributed by atoms with E-state index in [9.17, 15) is 0 Å². The van der Waals surface area contributed by atoms with Crippen LogP contribution in [0.4, 0.5) is 0 Å². The minimum absolute atomic E-state index is 0.250. The summed E-state index contributed by atoms with van der Waals surface area (Å²) in [6.07, 6.45) is 3.21. The molecule has 1 aromatic rings. The predicted molar refractivity (Wildman–Crippen MR) is 68.0 cm³/mol. The maximum Gasteiger partial charge on any atom is 0.118 e. The molecule has 0 aliphatic heterocycles. The van der Waals surface area contributed by atoms with Crippen molar-refractivity contribution in [1.82, 2.24) is 0 Å². The Bertz CT molecular complexity index is 397. The van der Waals surface area contributed by atoms with Gasteiger partial charge in [-0.1, -0.05) is 24.2 Å². The first-order valence-electron chi connectivity index (χ1n) is 6.11. The van der Waals surface area contributed by atoms with Gasteiger partial charge in [0.15, 0.2) is 0 Å². The number of hydrogen-bond donors (Lipinski definition) is 1. The maximum absolute atomic E-state index is 9.10. The van der Waals surface area contributed by atoms with Gasteiger partial charge in [-0.15, -0.1) is 0 Å². The summed E-state index contributed by atoms with van der Waals surface area (Å²) in [7, 11) is 1.67. The normalized spacial score (nSPS) is 27.1. The lowest BCUT2D eigenvalue weighted by atomic mass is 9.75. The van der Waals surface area contributed by atoms with Crippen LogP contribution in [0.2, 0.25) is 0 Å². The predicted octanol–water partition coefficient (Wildman–Crippen LogP) is 3.43. The molecule has 2 atom stereocenters. The Morgan fingerprint density at radius 2 is 2.00 bits per heavy atom. The lowest BCUT2D eigenvalue weighted by Crippen LogP contribution is -2.24.